The van der Waals surface area contributed by atoms with Gasteiger partial charge in [-0.15, -0.1) is 0 Å². The maximum atomic E-state index is 13.0. The Morgan fingerprint density at radius 3 is 2.28 bits per heavy atom. The van der Waals surface area contributed by atoms with Gasteiger partial charge in [0, 0.05) is 12.6 Å². The molecule has 0 saturated carbocycles. The van der Waals surface area contributed by atoms with Crippen LogP contribution in [0, 0.1) is 5.82 Å². The quantitative estimate of drug-likeness (QED) is 0.847. The van der Waals surface area contributed by atoms with Crippen molar-refractivity contribution in [3.05, 3.63) is 66.0 Å². The van der Waals surface area contributed by atoms with Gasteiger partial charge in [0.05, 0.1) is 21.7 Å². The molecule has 2 aromatic carbocycles. The Morgan fingerprint density at radius 1 is 1.00 bits per heavy atom. The highest BCUT2D eigenvalue weighted by atomic mass is 32.2. The summed E-state index contributed by atoms with van der Waals surface area (Å²) in [4.78, 5) is 0.116. The molecule has 1 aliphatic rings. The van der Waals surface area contributed by atoms with Crippen LogP contribution >= 0.6 is 0 Å². The van der Waals surface area contributed by atoms with Gasteiger partial charge in [-0.3, -0.25) is 0 Å². The molecule has 0 amide bonds. The molecule has 0 bridgehead atoms. The predicted octanol–water partition coefficient (Wildman–Crippen LogP) is 1.55. The van der Waals surface area contributed by atoms with E-state index in [0.29, 0.717) is 0 Å². The first-order valence-corrected chi connectivity index (χ1v) is 11.1. The van der Waals surface area contributed by atoms with Crippen molar-refractivity contribution in [3.8, 4) is 0 Å². The molecule has 5 nitrogen and oxygen atoms in total. The molecule has 1 N–H and O–H groups in total. The van der Waals surface area contributed by atoms with Gasteiger partial charge in [0.15, 0.2) is 19.7 Å². The van der Waals surface area contributed by atoms with E-state index in [1.807, 2.05) is 0 Å². The van der Waals surface area contributed by atoms with Crippen LogP contribution in [0.2, 0.25) is 0 Å². The largest absolute Gasteiger partial charge is 0.308 e. The lowest BCUT2D eigenvalue weighted by Gasteiger charge is -2.20. The zero-order valence-electron chi connectivity index (χ0n) is 13.3. The van der Waals surface area contributed by atoms with Crippen molar-refractivity contribution in [2.45, 2.75) is 22.7 Å². The SMILES string of the molecule is O=S1(=O)CC(NCc2ccc(F)cc2)C(S(=O)(=O)c2ccccc2)C1. The third kappa shape index (κ3) is 4.08. The van der Waals surface area contributed by atoms with Gasteiger partial charge in [-0.25, -0.2) is 21.2 Å². The average molecular weight is 383 g/mol. The number of nitrogens with one attached hydrogen (secondary N) is 1. The second-order valence-corrected chi connectivity index (χ2v) is 10.4. The molecule has 3 rings (SSSR count). The molecule has 8 heteroatoms. The van der Waals surface area contributed by atoms with Gasteiger partial charge in [-0.2, -0.15) is 0 Å². The smallest absolute Gasteiger partial charge is 0.183 e. The number of benzene rings is 2. The monoisotopic (exact) mass is 383 g/mol. The Kier molecular flexibility index (Phi) is 4.95. The maximum Gasteiger partial charge on any atom is 0.183 e. The molecular formula is C17H18FNO4S2. The van der Waals surface area contributed by atoms with E-state index in [0.717, 1.165) is 5.56 Å². The Labute approximate surface area is 146 Å². The van der Waals surface area contributed by atoms with Crippen molar-refractivity contribution in [3.63, 3.8) is 0 Å². The first-order valence-electron chi connectivity index (χ1n) is 7.75. The summed E-state index contributed by atoms with van der Waals surface area (Å²) < 4.78 is 62.7. The molecule has 2 aromatic rings. The van der Waals surface area contributed by atoms with Gasteiger partial charge < -0.3 is 5.32 Å². The lowest BCUT2D eigenvalue weighted by molar-refractivity contribution is 0.525. The molecule has 2 atom stereocenters. The van der Waals surface area contributed by atoms with Crippen LogP contribution in [0.1, 0.15) is 5.56 Å². The van der Waals surface area contributed by atoms with Gasteiger partial charge in [-0.1, -0.05) is 30.3 Å². The van der Waals surface area contributed by atoms with E-state index in [2.05, 4.69) is 5.32 Å². The minimum absolute atomic E-state index is 0.116. The van der Waals surface area contributed by atoms with E-state index >= 15 is 0 Å². The standard InChI is InChI=1S/C17H18FNO4S2/c18-14-8-6-13(7-9-14)10-19-16-11-24(20,21)12-17(16)25(22,23)15-4-2-1-3-5-15/h1-9,16-17,19H,10-12H2. The molecule has 25 heavy (non-hydrogen) atoms. The normalized spacial score (nSPS) is 22.8. The summed E-state index contributed by atoms with van der Waals surface area (Å²) in [6.07, 6.45) is 0. The fraction of sp³-hybridized carbons (Fsp3) is 0.294. The highest BCUT2D eigenvalue weighted by molar-refractivity contribution is 7.96. The van der Waals surface area contributed by atoms with Gasteiger partial charge in [0.1, 0.15) is 5.82 Å². The van der Waals surface area contributed by atoms with Crippen LogP contribution in [0.15, 0.2) is 59.5 Å². The van der Waals surface area contributed by atoms with Gasteiger partial charge in [0.2, 0.25) is 0 Å². The van der Waals surface area contributed by atoms with Crippen LogP contribution in [-0.2, 0) is 26.2 Å². The van der Waals surface area contributed by atoms with E-state index < -0.39 is 36.7 Å². The summed E-state index contributed by atoms with van der Waals surface area (Å²) >= 11 is 0. The number of hydrogen-bond donors (Lipinski definition) is 1. The first kappa shape index (κ1) is 18.0. The number of halogens is 1. The van der Waals surface area contributed by atoms with Crippen molar-refractivity contribution in [2.24, 2.45) is 0 Å². The molecule has 0 radical (unpaired) electrons. The zero-order chi connectivity index (χ0) is 18.1. The molecule has 134 valence electrons. The Balaban J connectivity index is 1.83. The van der Waals surface area contributed by atoms with E-state index in [1.165, 1.54) is 24.3 Å². The van der Waals surface area contributed by atoms with Crippen molar-refractivity contribution >= 4 is 19.7 Å². The van der Waals surface area contributed by atoms with Crippen LogP contribution in [0.3, 0.4) is 0 Å². The third-order valence-electron chi connectivity index (χ3n) is 4.25. The van der Waals surface area contributed by atoms with Crippen LogP contribution < -0.4 is 5.32 Å². The molecule has 1 heterocycles. The average Bonchev–Trinajstić information content (AvgIpc) is 2.91. The van der Waals surface area contributed by atoms with Crippen molar-refractivity contribution in [2.75, 3.05) is 11.5 Å². The summed E-state index contributed by atoms with van der Waals surface area (Å²) in [6, 6.07) is 12.9. The fourth-order valence-corrected chi connectivity index (χ4v) is 7.69. The summed E-state index contributed by atoms with van der Waals surface area (Å²) in [5.41, 5.74) is 0.751. The molecule has 0 aliphatic carbocycles. The minimum Gasteiger partial charge on any atom is -0.308 e. The number of sulfone groups is 2. The maximum absolute atomic E-state index is 13.0. The minimum atomic E-state index is -3.77. The lowest BCUT2D eigenvalue weighted by Crippen LogP contribution is -2.43. The van der Waals surface area contributed by atoms with Crippen molar-refractivity contribution in [1.82, 2.24) is 5.32 Å². The van der Waals surface area contributed by atoms with Crippen LogP contribution in [0.5, 0.6) is 0 Å². The second kappa shape index (κ2) is 6.86. The summed E-state index contributed by atoms with van der Waals surface area (Å²) in [5.74, 6) is -0.993. The third-order valence-corrected chi connectivity index (χ3v) is 8.42. The number of hydrogen-bond acceptors (Lipinski definition) is 5. The van der Waals surface area contributed by atoms with Crippen molar-refractivity contribution in [1.29, 1.82) is 0 Å². The Hall–Kier alpha value is -1.77. The molecular weight excluding hydrogens is 365 g/mol. The molecule has 1 saturated heterocycles. The molecule has 0 spiro atoms. The van der Waals surface area contributed by atoms with Crippen molar-refractivity contribution < 1.29 is 21.2 Å². The van der Waals surface area contributed by atoms with E-state index in [4.69, 9.17) is 0 Å². The molecule has 1 fully saturated rings. The topological polar surface area (TPSA) is 80.3 Å². The van der Waals surface area contributed by atoms with Crippen LogP contribution in [0.4, 0.5) is 4.39 Å². The zero-order valence-corrected chi connectivity index (χ0v) is 14.9. The molecule has 2 unspecified atom stereocenters. The number of rotatable bonds is 5. The summed E-state index contributed by atoms with van der Waals surface area (Å²) in [7, 11) is -7.22. The summed E-state index contributed by atoms with van der Waals surface area (Å²) in [5, 5.41) is 1.98. The lowest BCUT2D eigenvalue weighted by atomic mass is 10.2. The predicted molar refractivity (Wildman–Crippen MR) is 93.1 cm³/mol. The highest BCUT2D eigenvalue weighted by Crippen LogP contribution is 2.26. The van der Waals surface area contributed by atoms with Crippen LogP contribution in [-0.4, -0.2) is 39.6 Å². The first-order chi connectivity index (χ1) is 11.8. The van der Waals surface area contributed by atoms with Gasteiger partial charge in [-0.05, 0) is 29.8 Å². The van der Waals surface area contributed by atoms with Gasteiger partial charge in [0.25, 0.3) is 0 Å². The Morgan fingerprint density at radius 2 is 1.64 bits per heavy atom. The molecule has 0 aromatic heterocycles. The summed E-state index contributed by atoms with van der Waals surface area (Å²) in [6.45, 7) is 0.265. The van der Waals surface area contributed by atoms with Crippen LogP contribution in [0.25, 0.3) is 0 Å². The van der Waals surface area contributed by atoms with Gasteiger partial charge >= 0.3 is 0 Å². The van der Waals surface area contributed by atoms with E-state index in [9.17, 15) is 21.2 Å². The Bertz CT molecular complexity index is 942. The highest BCUT2D eigenvalue weighted by Gasteiger charge is 2.45. The van der Waals surface area contributed by atoms with E-state index in [-0.39, 0.29) is 23.0 Å². The fourth-order valence-electron chi connectivity index (χ4n) is 2.95. The van der Waals surface area contributed by atoms with E-state index in [1.54, 1.807) is 30.3 Å². The second-order valence-electron chi connectivity index (χ2n) is 6.09. The molecule has 1 aliphatic heterocycles.